The van der Waals surface area contributed by atoms with Crippen LogP contribution in [0, 0.1) is 24.6 Å². The van der Waals surface area contributed by atoms with Gasteiger partial charge in [-0.3, -0.25) is 4.90 Å². The highest BCUT2D eigenvalue weighted by Crippen LogP contribution is 2.43. The van der Waals surface area contributed by atoms with Crippen molar-refractivity contribution in [1.82, 2.24) is 14.5 Å². The van der Waals surface area contributed by atoms with E-state index in [9.17, 15) is 9.50 Å². The van der Waals surface area contributed by atoms with Crippen LogP contribution in [-0.2, 0) is 6.54 Å². The number of aryl methyl sites for hydroxylation is 1. The third-order valence-corrected chi connectivity index (χ3v) is 6.64. The highest BCUT2D eigenvalue weighted by molar-refractivity contribution is 5.76. The summed E-state index contributed by atoms with van der Waals surface area (Å²) in [5.74, 6) is 1.84. The second kappa shape index (κ2) is 6.98. The van der Waals surface area contributed by atoms with E-state index in [1.807, 2.05) is 37.3 Å². The molecule has 28 heavy (non-hydrogen) atoms. The maximum Gasteiger partial charge on any atom is 0.127 e. The van der Waals surface area contributed by atoms with Gasteiger partial charge in [-0.05, 0) is 49.8 Å². The van der Waals surface area contributed by atoms with Crippen LogP contribution < -0.4 is 0 Å². The lowest BCUT2D eigenvalue weighted by Crippen LogP contribution is -2.36. The Morgan fingerprint density at radius 3 is 2.57 bits per heavy atom. The topological polar surface area (TPSA) is 41.3 Å². The number of likely N-dealkylation sites (tertiary alicyclic amines) is 1. The Labute approximate surface area is 164 Å². The van der Waals surface area contributed by atoms with Crippen LogP contribution in [0.25, 0.3) is 11.0 Å². The molecule has 1 saturated carbocycles. The molecule has 5 heteroatoms. The first kappa shape index (κ1) is 17.8. The van der Waals surface area contributed by atoms with Crippen LogP contribution in [-0.4, -0.2) is 38.8 Å². The van der Waals surface area contributed by atoms with E-state index in [0.717, 1.165) is 48.4 Å². The van der Waals surface area contributed by atoms with Gasteiger partial charge in [0.05, 0.1) is 23.2 Å². The number of halogens is 1. The first-order valence-electron chi connectivity index (χ1n) is 10.2. The van der Waals surface area contributed by atoms with Crippen LogP contribution in [0.3, 0.4) is 0 Å². The predicted molar refractivity (Wildman–Crippen MR) is 107 cm³/mol. The van der Waals surface area contributed by atoms with Crippen LogP contribution in [0.4, 0.5) is 4.39 Å². The fraction of sp³-hybridized carbons (Fsp3) is 0.435. The number of hydrogen-bond acceptors (Lipinski definition) is 3. The number of rotatable bonds is 3. The van der Waals surface area contributed by atoms with Crippen molar-refractivity contribution in [3.05, 3.63) is 65.7 Å². The van der Waals surface area contributed by atoms with Gasteiger partial charge in [-0.2, -0.15) is 0 Å². The van der Waals surface area contributed by atoms with Crippen molar-refractivity contribution < 1.29 is 9.50 Å². The molecule has 2 aromatic carbocycles. The zero-order chi connectivity index (χ0) is 19.3. The molecule has 1 saturated heterocycles. The zero-order valence-electron chi connectivity index (χ0n) is 16.1. The van der Waals surface area contributed by atoms with E-state index >= 15 is 0 Å². The smallest absolute Gasteiger partial charge is 0.127 e. The molecule has 0 bridgehead atoms. The molecular weight excluding hydrogens is 353 g/mol. The number of aliphatic hydroxyl groups is 1. The summed E-state index contributed by atoms with van der Waals surface area (Å²) in [5, 5.41) is 11.0. The average molecular weight is 379 g/mol. The summed E-state index contributed by atoms with van der Waals surface area (Å²) in [6.45, 7) is 4.58. The molecule has 3 aromatic rings. The standard InChI is InChI=1S/C23H26FN3O/c1-15-25-20-8-4-5-9-21(20)27(15)22-10-17-13-26(14-18(17)11-23(22)28)12-16-6-2-3-7-19(16)24/h2-9,17-18,22-23,28H,10-14H2,1H3/t17-,18+,22-,23-/m0/s1. The van der Waals surface area contributed by atoms with Crippen molar-refractivity contribution in [3.8, 4) is 0 Å². The van der Waals surface area contributed by atoms with Gasteiger partial charge in [0.25, 0.3) is 0 Å². The maximum atomic E-state index is 14.0. The van der Waals surface area contributed by atoms with E-state index in [0.29, 0.717) is 18.4 Å². The lowest BCUT2D eigenvalue weighted by Gasteiger charge is -2.36. The van der Waals surface area contributed by atoms with Crippen LogP contribution >= 0.6 is 0 Å². The predicted octanol–water partition coefficient (Wildman–Crippen LogP) is 3.93. The summed E-state index contributed by atoms with van der Waals surface area (Å²) in [6.07, 6.45) is 1.38. The van der Waals surface area contributed by atoms with Crippen molar-refractivity contribution in [2.24, 2.45) is 11.8 Å². The highest BCUT2D eigenvalue weighted by atomic mass is 19.1. The molecule has 4 atom stereocenters. The Hall–Kier alpha value is -2.24. The first-order valence-corrected chi connectivity index (χ1v) is 10.2. The SMILES string of the molecule is Cc1nc2ccccc2n1[C@H]1C[C@H]2CN(Cc3ccccc3F)C[C@H]2C[C@@H]1O. The number of hydrogen-bond donors (Lipinski definition) is 1. The zero-order valence-corrected chi connectivity index (χ0v) is 16.1. The molecule has 4 nitrogen and oxygen atoms in total. The minimum Gasteiger partial charge on any atom is -0.391 e. The molecular formula is C23H26FN3O. The number of fused-ring (bicyclic) bond motifs is 2. The van der Waals surface area contributed by atoms with Gasteiger partial charge in [0.2, 0.25) is 0 Å². The quantitative estimate of drug-likeness (QED) is 0.750. The highest BCUT2D eigenvalue weighted by Gasteiger charge is 2.42. The van der Waals surface area contributed by atoms with Crippen LogP contribution in [0.15, 0.2) is 48.5 Å². The molecule has 146 valence electrons. The molecule has 5 rings (SSSR count). The second-order valence-electron chi connectivity index (χ2n) is 8.43. The molecule has 0 amide bonds. The molecule has 0 spiro atoms. The lowest BCUT2D eigenvalue weighted by molar-refractivity contribution is 0.0366. The summed E-state index contributed by atoms with van der Waals surface area (Å²) in [6, 6.07) is 15.3. The summed E-state index contributed by atoms with van der Waals surface area (Å²) >= 11 is 0. The number of benzene rings is 2. The largest absolute Gasteiger partial charge is 0.391 e. The average Bonchev–Trinajstić information content (AvgIpc) is 3.21. The molecule has 2 heterocycles. The third kappa shape index (κ3) is 3.03. The Morgan fingerprint density at radius 1 is 1.04 bits per heavy atom. The van der Waals surface area contributed by atoms with Crippen molar-refractivity contribution in [2.45, 2.75) is 38.5 Å². The molecule has 2 aliphatic rings. The summed E-state index contributed by atoms with van der Waals surface area (Å²) < 4.78 is 16.3. The van der Waals surface area contributed by atoms with E-state index in [-0.39, 0.29) is 18.0 Å². The number of para-hydroxylation sites is 2. The van der Waals surface area contributed by atoms with Crippen molar-refractivity contribution in [3.63, 3.8) is 0 Å². The summed E-state index contributed by atoms with van der Waals surface area (Å²) in [7, 11) is 0. The minimum atomic E-state index is -0.369. The van der Waals surface area contributed by atoms with E-state index in [4.69, 9.17) is 0 Å². The normalized spacial score (nSPS) is 28.0. The number of imidazole rings is 1. The molecule has 1 aliphatic heterocycles. The van der Waals surface area contributed by atoms with Crippen molar-refractivity contribution in [2.75, 3.05) is 13.1 Å². The Kier molecular flexibility index (Phi) is 4.44. The molecule has 0 unspecified atom stereocenters. The minimum absolute atomic E-state index is 0.0575. The summed E-state index contributed by atoms with van der Waals surface area (Å²) in [4.78, 5) is 7.04. The molecule has 1 N–H and O–H groups in total. The number of aromatic nitrogens is 2. The Bertz CT molecular complexity index is 1000. The van der Waals surface area contributed by atoms with E-state index in [1.165, 1.54) is 6.07 Å². The molecule has 1 aromatic heterocycles. The van der Waals surface area contributed by atoms with E-state index in [1.54, 1.807) is 6.07 Å². The fourth-order valence-electron chi connectivity index (χ4n) is 5.36. The van der Waals surface area contributed by atoms with Gasteiger partial charge in [-0.15, -0.1) is 0 Å². The number of nitrogens with zero attached hydrogens (tertiary/aromatic N) is 3. The van der Waals surface area contributed by atoms with E-state index in [2.05, 4.69) is 20.5 Å². The maximum absolute atomic E-state index is 14.0. The van der Waals surface area contributed by atoms with Crippen molar-refractivity contribution >= 4 is 11.0 Å². The van der Waals surface area contributed by atoms with Gasteiger partial charge in [0.1, 0.15) is 11.6 Å². The van der Waals surface area contributed by atoms with Gasteiger partial charge in [0.15, 0.2) is 0 Å². The van der Waals surface area contributed by atoms with Crippen molar-refractivity contribution in [1.29, 1.82) is 0 Å². The third-order valence-electron chi connectivity index (χ3n) is 6.64. The second-order valence-corrected chi connectivity index (χ2v) is 8.43. The van der Waals surface area contributed by atoms with Crippen LogP contribution in [0.2, 0.25) is 0 Å². The molecule has 0 radical (unpaired) electrons. The van der Waals surface area contributed by atoms with Gasteiger partial charge in [-0.1, -0.05) is 30.3 Å². The van der Waals surface area contributed by atoms with Gasteiger partial charge < -0.3 is 9.67 Å². The first-order chi connectivity index (χ1) is 13.6. The van der Waals surface area contributed by atoms with Crippen LogP contribution in [0.1, 0.15) is 30.3 Å². The Morgan fingerprint density at radius 2 is 1.75 bits per heavy atom. The fourth-order valence-corrected chi connectivity index (χ4v) is 5.36. The monoisotopic (exact) mass is 379 g/mol. The van der Waals surface area contributed by atoms with E-state index < -0.39 is 0 Å². The summed E-state index contributed by atoms with van der Waals surface area (Å²) in [5.41, 5.74) is 2.85. The molecule has 2 fully saturated rings. The van der Waals surface area contributed by atoms with Gasteiger partial charge in [-0.25, -0.2) is 9.37 Å². The van der Waals surface area contributed by atoms with Gasteiger partial charge in [0, 0.05) is 25.2 Å². The molecule has 1 aliphatic carbocycles. The number of aliphatic hydroxyl groups excluding tert-OH is 1. The van der Waals surface area contributed by atoms with Crippen LogP contribution in [0.5, 0.6) is 0 Å². The Balaban J connectivity index is 1.37. The van der Waals surface area contributed by atoms with Gasteiger partial charge >= 0.3 is 0 Å². The lowest BCUT2D eigenvalue weighted by atomic mass is 9.77.